The van der Waals surface area contributed by atoms with E-state index in [2.05, 4.69) is 4.98 Å². The van der Waals surface area contributed by atoms with Crippen molar-refractivity contribution < 1.29 is 8.78 Å². The van der Waals surface area contributed by atoms with Gasteiger partial charge < -0.3 is 0 Å². The van der Waals surface area contributed by atoms with Gasteiger partial charge in [-0.2, -0.15) is 0 Å². The lowest BCUT2D eigenvalue weighted by atomic mass is 10.0. The molecule has 1 aromatic heterocycles. The molecule has 3 aromatic carbocycles. The Morgan fingerprint density at radius 3 is 2.19 bits per heavy atom. The Hall–Kier alpha value is -2.27. The summed E-state index contributed by atoms with van der Waals surface area (Å²) in [5.74, 6) is -0.929. The molecule has 27 heavy (non-hydrogen) atoms. The van der Waals surface area contributed by atoms with E-state index >= 15 is 0 Å². The first-order chi connectivity index (χ1) is 13.0. The summed E-state index contributed by atoms with van der Waals surface area (Å²) in [5, 5.41) is 3.73. The molecule has 1 heterocycles. The number of nitrogens with zero attached hydrogens (tertiary/aromatic N) is 1. The molecule has 0 atom stereocenters. The fourth-order valence-electron chi connectivity index (χ4n) is 2.71. The quantitative estimate of drug-likeness (QED) is 0.332. The molecule has 0 bridgehead atoms. The summed E-state index contributed by atoms with van der Waals surface area (Å²) in [6, 6.07) is 16.0. The average molecular weight is 418 g/mol. The minimum Gasteiger partial charge on any atom is -0.236 e. The van der Waals surface area contributed by atoms with Crippen LogP contribution in [-0.2, 0) is 0 Å². The molecule has 4 aromatic rings. The van der Waals surface area contributed by atoms with Crippen molar-refractivity contribution in [3.63, 3.8) is 0 Å². The van der Waals surface area contributed by atoms with Gasteiger partial charge in [-0.1, -0.05) is 53.5 Å². The molecule has 0 radical (unpaired) electrons. The largest absolute Gasteiger partial charge is 0.236 e. The zero-order valence-electron chi connectivity index (χ0n) is 13.7. The van der Waals surface area contributed by atoms with Crippen molar-refractivity contribution in [3.8, 4) is 33.0 Å². The molecule has 134 valence electrons. The van der Waals surface area contributed by atoms with E-state index in [-0.39, 0.29) is 5.56 Å². The SMILES string of the molecule is Fc1ccc(F)c(-c2ccc(-c3nc(-c4ccc(Cl)c(Cl)c4)cs3)cc2)c1. The third-order valence-electron chi connectivity index (χ3n) is 4.09. The number of rotatable bonds is 3. The van der Waals surface area contributed by atoms with Crippen molar-refractivity contribution in [2.45, 2.75) is 0 Å². The molecule has 0 fully saturated rings. The number of hydrogen-bond donors (Lipinski definition) is 0. The van der Waals surface area contributed by atoms with E-state index in [0.29, 0.717) is 15.6 Å². The maximum Gasteiger partial charge on any atom is 0.131 e. The second-order valence-corrected chi connectivity index (χ2v) is 7.54. The summed E-state index contributed by atoms with van der Waals surface area (Å²) in [4.78, 5) is 4.64. The van der Waals surface area contributed by atoms with Crippen LogP contribution in [-0.4, -0.2) is 4.98 Å². The highest BCUT2D eigenvalue weighted by molar-refractivity contribution is 7.13. The molecule has 0 saturated heterocycles. The number of hydrogen-bond acceptors (Lipinski definition) is 2. The number of benzene rings is 3. The van der Waals surface area contributed by atoms with E-state index in [1.165, 1.54) is 17.4 Å². The molecule has 0 N–H and O–H groups in total. The molecule has 0 aliphatic heterocycles. The van der Waals surface area contributed by atoms with E-state index < -0.39 is 11.6 Å². The molecule has 4 rings (SSSR count). The normalized spacial score (nSPS) is 11.0. The topological polar surface area (TPSA) is 12.9 Å². The van der Waals surface area contributed by atoms with Gasteiger partial charge in [-0.25, -0.2) is 13.8 Å². The molecule has 0 unspecified atom stereocenters. The fraction of sp³-hybridized carbons (Fsp3) is 0. The van der Waals surface area contributed by atoms with Crippen molar-refractivity contribution in [2.24, 2.45) is 0 Å². The molecule has 0 aliphatic carbocycles. The minimum absolute atomic E-state index is 0.234. The smallest absolute Gasteiger partial charge is 0.131 e. The van der Waals surface area contributed by atoms with Gasteiger partial charge >= 0.3 is 0 Å². The van der Waals surface area contributed by atoms with E-state index in [9.17, 15) is 8.78 Å². The van der Waals surface area contributed by atoms with Gasteiger partial charge in [0.25, 0.3) is 0 Å². The van der Waals surface area contributed by atoms with Crippen molar-refractivity contribution in [2.75, 3.05) is 0 Å². The highest BCUT2D eigenvalue weighted by atomic mass is 35.5. The summed E-state index contributed by atoms with van der Waals surface area (Å²) < 4.78 is 27.3. The van der Waals surface area contributed by atoms with Crippen molar-refractivity contribution in [3.05, 3.63) is 87.7 Å². The van der Waals surface area contributed by atoms with Crippen LogP contribution in [0.4, 0.5) is 8.78 Å². The van der Waals surface area contributed by atoms with Gasteiger partial charge in [0.2, 0.25) is 0 Å². The minimum atomic E-state index is -0.471. The lowest BCUT2D eigenvalue weighted by molar-refractivity contribution is 0.603. The summed E-state index contributed by atoms with van der Waals surface area (Å²) >= 11 is 13.5. The molecule has 1 nitrogen and oxygen atoms in total. The molecule has 0 saturated carbocycles. The zero-order chi connectivity index (χ0) is 19.0. The summed E-state index contributed by atoms with van der Waals surface area (Å²) in [6.45, 7) is 0. The van der Waals surface area contributed by atoms with Crippen molar-refractivity contribution in [1.29, 1.82) is 0 Å². The number of thiazole rings is 1. The van der Waals surface area contributed by atoms with Crippen LogP contribution in [0.1, 0.15) is 0 Å². The summed E-state index contributed by atoms with van der Waals surface area (Å²) in [7, 11) is 0. The Morgan fingerprint density at radius 2 is 1.44 bits per heavy atom. The fourth-order valence-corrected chi connectivity index (χ4v) is 3.84. The highest BCUT2D eigenvalue weighted by Gasteiger charge is 2.10. The standard InChI is InChI=1S/C21H11Cl2F2NS/c22-17-7-5-14(9-18(17)23)20-11-27-21(26-20)13-3-1-12(2-4-13)16-10-15(24)6-8-19(16)25/h1-11H. The van der Waals surface area contributed by atoms with Gasteiger partial charge in [-0.15, -0.1) is 11.3 Å². The van der Waals surface area contributed by atoms with Crippen LogP contribution in [0.5, 0.6) is 0 Å². The Balaban J connectivity index is 1.64. The third-order valence-corrected chi connectivity index (χ3v) is 5.72. The van der Waals surface area contributed by atoms with E-state index in [1.807, 2.05) is 23.6 Å². The molecule has 0 spiro atoms. The lowest BCUT2D eigenvalue weighted by Crippen LogP contribution is -1.87. The van der Waals surface area contributed by atoms with Gasteiger partial charge in [0.15, 0.2) is 0 Å². The first kappa shape index (κ1) is 18.1. The van der Waals surface area contributed by atoms with Crippen LogP contribution < -0.4 is 0 Å². The van der Waals surface area contributed by atoms with Crippen LogP contribution in [0, 0.1) is 11.6 Å². The van der Waals surface area contributed by atoms with Gasteiger partial charge in [0, 0.05) is 22.1 Å². The first-order valence-corrected chi connectivity index (χ1v) is 9.61. The van der Waals surface area contributed by atoms with Gasteiger partial charge in [-0.3, -0.25) is 0 Å². The molecular weight excluding hydrogens is 407 g/mol. The predicted octanol–water partition coefficient (Wildman–Crippen LogP) is 7.73. The van der Waals surface area contributed by atoms with E-state index in [4.69, 9.17) is 23.2 Å². The van der Waals surface area contributed by atoms with E-state index in [1.54, 1.807) is 24.3 Å². The molecule has 6 heteroatoms. The average Bonchev–Trinajstić information content (AvgIpc) is 3.16. The maximum absolute atomic E-state index is 13.9. The third kappa shape index (κ3) is 3.74. The first-order valence-electron chi connectivity index (χ1n) is 7.98. The van der Waals surface area contributed by atoms with Gasteiger partial charge in [0.1, 0.15) is 16.6 Å². The Bertz CT molecular complexity index is 1120. The maximum atomic E-state index is 13.9. The molecule has 0 aliphatic rings. The summed E-state index contributed by atoms with van der Waals surface area (Å²) in [5.41, 5.74) is 3.42. The van der Waals surface area contributed by atoms with Crippen molar-refractivity contribution in [1.82, 2.24) is 4.98 Å². The second kappa shape index (κ2) is 7.39. The van der Waals surface area contributed by atoms with Crippen LogP contribution in [0.25, 0.3) is 33.0 Å². The lowest BCUT2D eigenvalue weighted by Gasteiger charge is -2.05. The predicted molar refractivity (Wildman–Crippen MR) is 108 cm³/mol. The number of halogens is 4. The van der Waals surface area contributed by atoms with Crippen LogP contribution in [0.2, 0.25) is 10.0 Å². The molecule has 0 amide bonds. The van der Waals surface area contributed by atoms with Gasteiger partial charge in [0.05, 0.1) is 15.7 Å². The van der Waals surface area contributed by atoms with Crippen LogP contribution >= 0.6 is 34.5 Å². The Morgan fingerprint density at radius 1 is 0.741 bits per heavy atom. The van der Waals surface area contributed by atoms with Crippen LogP contribution in [0.3, 0.4) is 0 Å². The second-order valence-electron chi connectivity index (χ2n) is 5.87. The monoisotopic (exact) mass is 417 g/mol. The zero-order valence-corrected chi connectivity index (χ0v) is 16.0. The van der Waals surface area contributed by atoms with E-state index in [0.717, 1.165) is 34.0 Å². The van der Waals surface area contributed by atoms with Crippen molar-refractivity contribution >= 4 is 34.5 Å². The summed E-state index contributed by atoms with van der Waals surface area (Å²) in [6.07, 6.45) is 0. The Kier molecular flexibility index (Phi) is 4.96. The molecular formula is C21H11Cl2F2NS. The Labute approximate surface area is 168 Å². The number of aromatic nitrogens is 1. The van der Waals surface area contributed by atoms with Crippen LogP contribution in [0.15, 0.2) is 66.0 Å². The van der Waals surface area contributed by atoms with Gasteiger partial charge in [-0.05, 0) is 35.9 Å². The highest BCUT2D eigenvalue weighted by Crippen LogP contribution is 2.33.